The monoisotopic (exact) mass is 456 g/mol. The molecule has 34 heavy (non-hydrogen) atoms. The fraction of sp³-hybridized carbons (Fsp3) is 0.533. The van der Waals surface area contributed by atoms with E-state index in [-0.39, 0.29) is 11.8 Å². The first-order valence-corrected chi connectivity index (χ1v) is 12.8. The second-order valence-electron chi connectivity index (χ2n) is 10.4. The van der Waals surface area contributed by atoms with E-state index < -0.39 is 10.8 Å². The Hall–Kier alpha value is -2.66. The van der Waals surface area contributed by atoms with Crippen molar-refractivity contribution >= 4 is 0 Å². The summed E-state index contributed by atoms with van der Waals surface area (Å²) in [4.78, 5) is 5.01. The van der Waals surface area contributed by atoms with Crippen LogP contribution in [0.2, 0.25) is 0 Å². The Morgan fingerprint density at radius 3 is 1.24 bits per heavy atom. The molecule has 1 fully saturated rings. The molecule has 4 nitrogen and oxygen atoms in total. The number of benzene rings is 2. The minimum absolute atomic E-state index is 0.259. The van der Waals surface area contributed by atoms with Crippen molar-refractivity contribution in [3.05, 3.63) is 71.8 Å². The Kier molecular flexibility index (Phi) is 8.90. The van der Waals surface area contributed by atoms with Gasteiger partial charge in [-0.05, 0) is 35.8 Å². The van der Waals surface area contributed by atoms with Crippen molar-refractivity contribution in [1.82, 2.24) is 9.80 Å². The number of hydrogen-bond donors (Lipinski definition) is 0. The van der Waals surface area contributed by atoms with E-state index in [9.17, 15) is 10.5 Å². The van der Waals surface area contributed by atoms with E-state index in [1.807, 2.05) is 36.4 Å². The van der Waals surface area contributed by atoms with Gasteiger partial charge in [0.1, 0.15) is 0 Å². The molecule has 0 amide bonds. The van der Waals surface area contributed by atoms with Gasteiger partial charge >= 0.3 is 0 Å². The van der Waals surface area contributed by atoms with Crippen LogP contribution in [0.25, 0.3) is 0 Å². The van der Waals surface area contributed by atoms with Gasteiger partial charge in [0, 0.05) is 39.3 Å². The normalized spacial score (nSPS) is 18.7. The molecule has 180 valence electrons. The lowest BCUT2D eigenvalue weighted by molar-refractivity contribution is 0.116. The van der Waals surface area contributed by atoms with Gasteiger partial charge in [-0.25, -0.2) is 0 Å². The topological polar surface area (TPSA) is 54.1 Å². The van der Waals surface area contributed by atoms with Crippen LogP contribution in [0.4, 0.5) is 0 Å². The summed E-state index contributed by atoms with van der Waals surface area (Å²) in [5.74, 6) is 0.517. The van der Waals surface area contributed by atoms with Crippen LogP contribution in [0.5, 0.6) is 0 Å². The molecule has 1 saturated heterocycles. The predicted octanol–water partition coefficient (Wildman–Crippen LogP) is 5.62. The van der Waals surface area contributed by atoms with Gasteiger partial charge in [0.15, 0.2) is 0 Å². The Balaban J connectivity index is 1.57. The van der Waals surface area contributed by atoms with E-state index in [2.05, 4.69) is 73.9 Å². The average molecular weight is 457 g/mol. The molecule has 0 aromatic heterocycles. The summed E-state index contributed by atoms with van der Waals surface area (Å²) in [6, 6.07) is 26.0. The summed E-state index contributed by atoms with van der Waals surface area (Å²) in [5, 5.41) is 20.4. The first-order chi connectivity index (χ1) is 16.4. The highest BCUT2D eigenvalue weighted by Gasteiger charge is 2.38. The highest BCUT2D eigenvalue weighted by Crippen LogP contribution is 2.37. The molecule has 3 rings (SSSR count). The Labute approximate surface area is 206 Å². The summed E-state index contributed by atoms with van der Waals surface area (Å²) in [7, 11) is 0. The van der Waals surface area contributed by atoms with Crippen molar-refractivity contribution in [2.75, 3.05) is 39.3 Å². The van der Waals surface area contributed by atoms with Crippen LogP contribution in [-0.2, 0) is 10.8 Å². The summed E-state index contributed by atoms with van der Waals surface area (Å²) >= 11 is 0. The summed E-state index contributed by atoms with van der Waals surface area (Å²) < 4.78 is 0. The van der Waals surface area contributed by atoms with Crippen molar-refractivity contribution in [3.63, 3.8) is 0 Å². The smallest absolute Gasteiger partial charge is 0.0857 e. The third-order valence-electron chi connectivity index (χ3n) is 8.06. The molecule has 1 aliphatic rings. The molecular formula is C30H40N4. The third-order valence-corrected chi connectivity index (χ3v) is 8.06. The van der Waals surface area contributed by atoms with Gasteiger partial charge < -0.3 is 9.80 Å². The molecule has 0 saturated carbocycles. The van der Waals surface area contributed by atoms with Crippen molar-refractivity contribution < 1.29 is 0 Å². The largest absolute Gasteiger partial charge is 0.301 e. The van der Waals surface area contributed by atoms with Crippen LogP contribution in [0.15, 0.2) is 60.7 Å². The summed E-state index contributed by atoms with van der Waals surface area (Å²) in [6.45, 7) is 14.6. The van der Waals surface area contributed by atoms with E-state index in [1.54, 1.807) is 0 Å². The van der Waals surface area contributed by atoms with Crippen LogP contribution in [0.1, 0.15) is 51.7 Å². The Morgan fingerprint density at radius 2 is 0.971 bits per heavy atom. The summed E-state index contributed by atoms with van der Waals surface area (Å²) in [6.07, 6.45) is 1.70. The van der Waals surface area contributed by atoms with Crippen molar-refractivity contribution in [2.24, 2.45) is 11.8 Å². The maximum absolute atomic E-state index is 10.2. The first-order valence-electron chi connectivity index (χ1n) is 12.8. The second kappa shape index (κ2) is 11.7. The molecule has 2 atom stereocenters. The lowest BCUT2D eigenvalue weighted by atomic mass is 9.70. The SMILES string of the molecule is CC(C)C(C#N)(CCN1CCN(CCC(C#N)(c2ccccc2)C(C)C)CC1)c1ccccc1. The fourth-order valence-electron chi connectivity index (χ4n) is 5.41. The number of piperazine rings is 1. The van der Waals surface area contributed by atoms with E-state index in [0.717, 1.165) is 63.2 Å². The van der Waals surface area contributed by atoms with Gasteiger partial charge in [-0.15, -0.1) is 0 Å². The zero-order valence-electron chi connectivity index (χ0n) is 21.4. The van der Waals surface area contributed by atoms with Crippen LogP contribution in [-0.4, -0.2) is 49.1 Å². The van der Waals surface area contributed by atoms with E-state index >= 15 is 0 Å². The standard InChI is InChI=1S/C30H40N4/c1-25(2)29(23-31,27-11-7-5-8-12-27)15-17-33-19-21-34(22-20-33)18-16-30(24-32,26(3)4)28-13-9-6-10-14-28/h5-14,25-26H,15-22H2,1-4H3. The van der Waals surface area contributed by atoms with E-state index in [4.69, 9.17) is 0 Å². The molecule has 1 aliphatic heterocycles. The number of nitrogens with zero attached hydrogens (tertiary/aromatic N) is 4. The highest BCUT2D eigenvalue weighted by atomic mass is 15.3. The highest BCUT2D eigenvalue weighted by molar-refractivity contribution is 5.34. The van der Waals surface area contributed by atoms with Crippen LogP contribution in [0.3, 0.4) is 0 Å². The molecule has 4 heteroatoms. The third kappa shape index (κ3) is 5.52. The molecule has 2 aromatic carbocycles. The zero-order valence-corrected chi connectivity index (χ0v) is 21.4. The van der Waals surface area contributed by atoms with Crippen LogP contribution in [0, 0.1) is 34.5 Å². The molecule has 0 aliphatic carbocycles. The molecule has 2 unspecified atom stereocenters. The van der Waals surface area contributed by atoms with Crippen molar-refractivity contribution in [3.8, 4) is 12.1 Å². The maximum Gasteiger partial charge on any atom is 0.0857 e. The average Bonchev–Trinajstić information content (AvgIpc) is 2.87. The molecular weight excluding hydrogens is 416 g/mol. The van der Waals surface area contributed by atoms with Gasteiger partial charge in [0.25, 0.3) is 0 Å². The fourth-order valence-corrected chi connectivity index (χ4v) is 5.41. The molecule has 0 bridgehead atoms. The van der Waals surface area contributed by atoms with Crippen molar-refractivity contribution in [1.29, 1.82) is 10.5 Å². The number of nitriles is 2. The molecule has 1 heterocycles. The van der Waals surface area contributed by atoms with E-state index in [0.29, 0.717) is 0 Å². The van der Waals surface area contributed by atoms with Gasteiger partial charge in [-0.2, -0.15) is 10.5 Å². The van der Waals surface area contributed by atoms with Crippen molar-refractivity contribution in [2.45, 2.75) is 51.4 Å². The van der Waals surface area contributed by atoms with Crippen LogP contribution < -0.4 is 0 Å². The quantitative estimate of drug-likeness (QED) is 0.466. The van der Waals surface area contributed by atoms with Gasteiger partial charge in [-0.3, -0.25) is 0 Å². The van der Waals surface area contributed by atoms with Gasteiger partial charge in [0.05, 0.1) is 23.0 Å². The molecule has 0 radical (unpaired) electrons. The minimum atomic E-state index is -0.447. The van der Waals surface area contributed by atoms with Crippen LogP contribution >= 0.6 is 0 Å². The zero-order chi connectivity index (χ0) is 24.6. The van der Waals surface area contributed by atoms with E-state index in [1.165, 1.54) is 0 Å². The van der Waals surface area contributed by atoms with Gasteiger partial charge in [-0.1, -0.05) is 88.4 Å². The Morgan fingerprint density at radius 1 is 0.647 bits per heavy atom. The predicted molar refractivity (Wildman–Crippen MR) is 139 cm³/mol. The second-order valence-corrected chi connectivity index (χ2v) is 10.4. The minimum Gasteiger partial charge on any atom is -0.301 e. The summed E-state index contributed by atoms with van der Waals surface area (Å²) in [5.41, 5.74) is 1.37. The molecule has 2 aromatic rings. The van der Waals surface area contributed by atoms with Gasteiger partial charge in [0.2, 0.25) is 0 Å². The lowest BCUT2D eigenvalue weighted by Gasteiger charge is -2.39. The number of hydrogen-bond acceptors (Lipinski definition) is 4. The molecule has 0 spiro atoms. The number of rotatable bonds is 10. The molecule has 0 N–H and O–H groups in total. The lowest BCUT2D eigenvalue weighted by Crippen LogP contribution is -2.49. The Bertz CT molecular complexity index is 883. The maximum atomic E-state index is 10.2. The first kappa shape index (κ1) is 26.0.